The van der Waals surface area contributed by atoms with Crippen LogP contribution in [0.5, 0.6) is 11.5 Å². The summed E-state index contributed by atoms with van der Waals surface area (Å²) < 4.78 is 36.6. The molecule has 1 unspecified atom stereocenters. The number of hydrogen-bond acceptors (Lipinski definition) is 6. The lowest BCUT2D eigenvalue weighted by atomic mass is 10.2. The van der Waals surface area contributed by atoms with E-state index in [1.807, 2.05) is 0 Å². The van der Waals surface area contributed by atoms with E-state index in [9.17, 15) is 18.0 Å². The summed E-state index contributed by atoms with van der Waals surface area (Å²) in [4.78, 5) is 24.4. The number of rotatable bonds is 4. The Labute approximate surface area is 172 Å². The highest BCUT2D eigenvalue weighted by Crippen LogP contribution is 2.30. The van der Waals surface area contributed by atoms with Gasteiger partial charge in [-0.2, -0.15) is 0 Å². The lowest BCUT2D eigenvalue weighted by Gasteiger charge is -2.25. The van der Waals surface area contributed by atoms with E-state index in [0.717, 1.165) is 10.4 Å². The highest BCUT2D eigenvalue weighted by molar-refractivity contribution is 7.89. The smallest absolute Gasteiger partial charge is 0.283 e. The summed E-state index contributed by atoms with van der Waals surface area (Å²) in [5, 5.41) is -0.0225. The van der Waals surface area contributed by atoms with Crippen molar-refractivity contribution in [3.63, 3.8) is 0 Å². The first-order valence-corrected chi connectivity index (χ1v) is 10.2. The number of carbonyl (C=O) groups excluding carboxylic acids is 2. The lowest BCUT2D eigenvalue weighted by molar-refractivity contribution is -0.131. The van der Waals surface area contributed by atoms with E-state index in [2.05, 4.69) is 10.9 Å². The summed E-state index contributed by atoms with van der Waals surface area (Å²) in [5.74, 6) is -0.400. The van der Waals surface area contributed by atoms with Gasteiger partial charge >= 0.3 is 0 Å². The maximum absolute atomic E-state index is 12.3. The first-order valence-electron chi connectivity index (χ1n) is 8.41. The van der Waals surface area contributed by atoms with Crippen molar-refractivity contribution in [1.82, 2.24) is 15.2 Å². The molecule has 0 fully saturated rings. The van der Waals surface area contributed by atoms with Crippen molar-refractivity contribution >= 4 is 33.4 Å². The van der Waals surface area contributed by atoms with Crippen molar-refractivity contribution in [2.45, 2.75) is 11.0 Å². The van der Waals surface area contributed by atoms with E-state index in [4.69, 9.17) is 21.1 Å². The lowest BCUT2D eigenvalue weighted by Crippen LogP contribution is -2.50. The standard InChI is InChI=1S/C18H18ClN3O6S/c1-22(2)29(25,26)16-9-11(7-8-12(16)19)17(23)20-21-18(24)15-10-27-13-5-3-4-6-14(13)28-15/h3-9,15H,10H2,1-2H3,(H,20,23)(H,21,24). The average Bonchev–Trinajstić information content (AvgIpc) is 2.71. The molecule has 0 bridgehead atoms. The highest BCUT2D eigenvalue weighted by atomic mass is 35.5. The molecule has 2 aromatic rings. The summed E-state index contributed by atoms with van der Waals surface area (Å²) in [6.07, 6.45) is -0.958. The number of nitrogens with one attached hydrogen (secondary N) is 2. The van der Waals surface area contributed by atoms with Crippen LogP contribution in [-0.2, 0) is 14.8 Å². The average molecular weight is 440 g/mol. The molecule has 29 heavy (non-hydrogen) atoms. The minimum Gasteiger partial charge on any atom is -0.485 e. The van der Waals surface area contributed by atoms with Crippen LogP contribution in [0.4, 0.5) is 0 Å². The van der Waals surface area contributed by atoms with Crippen LogP contribution in [0.3, 0.4) is 0 Å². The number of nitrogens with zero attached hydrogens (tertiary/aromatic N) is 1. The van der Waals surface area contributed by atoms with Gasteiger partial charge in [-0.3, -0.25) is 20.4 Å². The number of para-hydroxylation sites is 2. The molecule has 1 atom stereocenters. The van der Waals surface area contributed by atoms with Gasteiger partial charge in [-0.15, -0.1) is 0 Å². The number of hydrogen-bond donors (Lipinski definition) is 2. The van der Waals surface area contributed by atoms with Gasteiger partial charge in [0.25, 0.3) is 11.8 Å². The molecule has 0 radical (unpaired) electrons. The largest absolute Gasteiger partial charge is 0.485 e. The molecular weight excluding hydrogens is 422 g/mol. The van der Waals surface area contributed by atoms with Gasteiger partial charge in [0.2, 0.25) is 16.1 Å². The fourth-order valence-corrected chi connectivity index (χ4v) is 3.85. The van der Waals surface area contributed by atoms with Gasteiger partial charge in [-0.1, -0.05) is 23.7 Å². The van der Waals surface area contributed by atoms with Crippen LogP contribution in [0.15, 0.2) is 47.4 Å². The summed E-state index contributed by atoms with van der Waals surface area (Å²) >= 11 is 5.96. The van der Waals surface area contributed by atoms with Crippen molar-refractivity contribution in [1.29, 1.82) is 0 Å². The molecule has 0 aromatic heterocycles. The predicted molar refractivity (Wildman–Crippen MR) is 104 cm³/mol. The van der Waals surface area contributed by atoms with E-state index < -0.39 is 27.9 Å². The number of benzene rings is 2. The highest BCUT2D eigenvalue weighted by Gasteiger charge is 2.28. The molecule has 154 valence electrons. The third-order valence-electron chi connectivity index (χ3n) is 4.05. The monoisotopic (exact) mass is 439 g/mol. The zero-order valence-corrected chi connectivity index (χ0v) is 17.1. The minimum atomic E-state index is -3.84. The second-order valence-electron chi connectivity index (χ2n) is 6.24. The zero-order chi connectivity index (χ0) is 21.2. The summed E-state index contributed by atoms with van der Waals surface area (Å²) in [5.41, 5.74) is 4.46. The fourth-order valence-electron chi connectivity index (χ4n) is 2.46. The van der Waals surface area contributed by atoms with Crippen molar-refractivity contribution in [2.75, 3.05) is 20.7 Å². The second-order valence-corrected chi connectivity index (χ2v) is 8.77. The molecule has 1 aliphatic heterocycles. The normalized spacial score (nSPS) is 15.7. The Bertz CT molecular complexity index is 1060. The topological polar surface area (TPSA) is 114 Å². The van der Waals surface area contributed by atoms with Crippen LogP contribution in [0.1, 0.15) is 10.4 Å². The number of sulfonamides is 1. The third kappa shape index (κ3) is 4.44. The molecule has 2 amide bonds. The number of carbonyl (C=O) groups is 2. The quantitative estimate of drug-likeness (QED) is 0.692. The Balaban J connectivity index is 1.66. The Morgan fingerprint density at radius 1 is 1.10 bits per heavy atom. The fraction of sp³-hybridized carbons (Fsp3) is 0.222. The molecule has 0 spiro atoms. The van der Waals surface area contributed by atoms with Crippen LogP contribution >= 0.6 is 11.6 Å². The summed E-state index contributed by atoms with van der Waals surface area (Å²) in [7, 11) is -1.14. The van der Waals surface area contributed by atoms with Gasteiger partial charge in [0.1, 0.15) is 11.5 Å². The Morgan fingerprint density at radius 3 is 2.48 bits per heavy atom. The van der Waals surface area contributed by atoms with Gasteiger partial charge in [0, 0.05) is 19.7 Å². The third-order valence-corrected chi connectivity index (χ3v) is 6.35. The number of halogens is 1. The summed E-state index contributed by atoms with van der Waals surface area (Å²) in [6, 6.07) is 10.7. The van der Waals surface area contributed by atoms with Crippen molar-refractivity contribution in [2.24, 2.45) is 0 Å². The number of hydrazine groups is 1. The second kappa shape index (κ2) is 8.27. The first kappa shape index (κ1) is 20.9. The zero-order valence-electron chi connectivity index (χ0n) is 15.5. The van der Waals surface area contributed by atoms with Crippen LogP contribution < -0.4 is 20.3 Å². The van der Waals surface area contributed by atoms with Crippen LogP contribution in [-0.4, -0.2) is 51.3 Å². The van der Waals surface area contributed by atoms with Gasteiger partial charge in [-0.05, 0) is 30.3 Å². The molecule has 0 saturated heterocycles. The van der Waals surface area contributed by atoms with E-state index in [0.29, 0.717) is 11.5 Å². The number of amides is 2. The maximum atomic E-state index is 12.3. The molecule has 11 heteroatoms. The number of fused-ring (bicyclic) bond motifs is 1. The predicted octanol–water partition coefficient (Wildman–Crippen LogP) is 1.19. The van der Waals surface area contributed by atoms with Crippen LogP contribution in [0.25, 0.3) is 0 Å². The molecule has 2 aromatic carbocycles. The minimum absolute atomic E-state index is 0.00119. The Kier molecular flexibility index (Phi) is 5.96. The van der Waals surface area contributed by atoms with Gasteiger partial charge in [-0.25, -0.2) is 12.7 Å². The molecule has 3 rings (SSSR count). The van der Waals surface area contributed by atoms with Crippen molar-refractivity contribution < 1.29 is 27.5 Å². The van der Waals surface area contributed by atoms with Gasteiger partial charge < -0.3 is 9.47 Å². The maximum Gasteiger partial charge on any atom is 0.283 e. The molecule has 1 aliphatic rings. The summed E-state index contributed by atoms with van der Waals surface area (Å²) in [6.45, 7) is -0.0229. The SMILES string of the molecule is CN(C)S(=O)(=O)c1cc(C(=O)NNC(=O)C2COc3ccccc3O2)ccc1Cl. The molecule has 0 aliphatic carbocycles. The first-order chi connectivity index (χ1) is 13.7. The van der Waals surface area contributed by atoms with Crippen LogP contribution in [0, 0.1) is 0 Å². The van der Waals surface area contributed by atoms with Crippen molar-refractivity contribution in [3.8, 4) is 11.5 Å². The molecular formula is C18H18ClN3O6S. The van der Waals surface area contributed by atoms with Crippen molar-refractivity contribution in [3.05, 3.63) is 53.1 Å². The van der Waals surface area contributed by atoms with Crippen LogP contribution in [0.2, 0.25) is 5.02 Å². The molecule has 0 saturated carbocycles. The van der Waals surface area contributed by atoms with E-state index in [1.165, 1.54) is 26.2 Å². The van der Waals surface area contributed by atoms with Gasteiger partial charge in [0.15, 0.2) is 11.5 Å². The van der Waals surface area contributed by atoms with E-state index in [1.54, 1.807) is 24.3 Å². The Hall–Kier alpha value is -2.82. The Morgan fingerprint density at radius 2 is 1.79 bits per heavy atom. The number of ether oxygens (including phenoxy) is 2. The molecule has 2 N–H and O–H groups in total. The molecule has 1 heterocycles. The van der Waals surface area contributed by atoms with Gasteiger partial charge in [0.05, 0.1) is 5.02 Å². The van der Waals surface area contributed by atoms with E-state index >= 15 is 0 Å². The van der Waals surface area contributed by atoms with E-state index in [-0.39, 0.29) is 22.1 Å². The molecule has 9 nitrogen and oxygen atoms in total.